The fourth-order valence-corrected chi connectivity index (χ4v) is 2.36. The number of nitrogens with one attached hydrogen (secondary N) is 1. The third-order valence-electron chi connectivity index (χ3n) is 3.13. The molecule has 2 aromatic carbocycles. The molecule has 106 valence electrons. The lowest BCUT2D eigenvalue weighted by Gasteiger charge is -2.14. The van der Waals surface area contributed by atoms with Crippen LogP contribution in [0.2, 0.25) is 5.02 Å². The average molecular weight is 292 g/mol. The summed E-state index contributed by atoms with van der Waals surface area (Å²) in [6, 6.07) is 11.6. The summed E-state index contributed by atoms with van der Waals surface area (Å²) in [6.45, 7) is 0.738. The van der Waals surface area contributed by atoms with Crippen LogP contribution in [0, 0.1) is 0 Å². The molecule has 2 rings (SSSR count). The van der Waals surface area contributed by atoms with Crippen molar-refractivity contribution in [3.05, 3.63) is 47.0 Å². The molecule has 0 aliphatic carbocycles. The highest BCUT2D eigenvalue weighted by molar-refractivity contribution is 6.31. The van der Waals surface area contributed by atoms with E-state index in [-0.39, 0.29) is 0 Å². The predicted molar refractivity (Wildman–Crippen MR) is 82.8 cm³/mol. The van der Waals surface area contributed by atoms with Crippen LogP contribution in [0.15, 0.2) is 36.4 Å². The lowest BCUT2D eigenvalue weighted by atomic mass is 9.98. The molecule has 0 spiro atoms. The third kappa shape index (κ3) is 3.06. The minimum absolute atomic E-state index is 0.687. The van der Waals surface area contributed by atoms with E-state index < -0.39 is 0 Å². The van der Waals surface area contributed by atoms with E-state index in [4.69, 9.17) is 21.1 Å². The Morgan fingerprint density at radius 3 is 2.45 bits per heavy atom. The molecule has 1 N–H and O–H groups in total. The van der Waals surface area contributed by atoms with Gasteiger partial charge in [-0.05, 0) is 48.5 Å². The van der Waals surface area contributed by atoms with Crippen LogP contribution in [0.3, 0.4) is 0 Å². The van der Waals surface area contributed by atoms with Crippen molar-refractivity contribution in [1.82, 2.24) is 5.32 Å². The molecular weight excluding hydrogens is 274 g/mol. The molecule has 0 unspecified atom stereocenters. The predicted octanol–water partition coefficient (Wildman–Crippen LogP) is 3.74. The second kappa shape index (κ2) is 6.64. The molecular formula is C16H18ClNO2. The standard InChI is InChI=1S/C16H18ClNO2/c1-18-10-11-8-13(19-2)5-6-14(11)15-9-12(17)4-7-16(15)20-3/h4-9,18H,10H2,1-3H3. The molecule has 20 heavy (non-hydrogen) atoms. The minimum atomic E-state index is 0.687. The van der Waals surface area contributed by atoms with Gasteiger partial charge in [0.15, 0.2) is 0 Å². The van der Waals surface area contributed by atoms with Crippen molar-refractivity contribution in [2.24, 2.45) is 0 Å². The monoisotopic (exact) mass is 291 g/mol. The summed E-state index contributed by atoms with van der Waals surface area (Å²) >= 11 is 6.12. The number of hydrogen-bond acceptors (Lipinski definition) is 3. The molecule has 0 atom stereocenters. The second-order valence-electron chi connectivity index (χ2n) is 4.40. The van der Waals surface area contributed by atoms with Gasteiger partial charge in [-0.3, -0.25) is 0 Å². The van der Waals surface area contributed by atoms with Crippen LogP contribution in [0.5, 0.6) is 11.5 Å². The quantitative estimate of drug-likeness (QED) is 0.910. The first-order valence-corrected chi connectivity index (χ1v) is 6.72. The van der Waals surface area contributed by atoms with Gasteiger partial charge in [0.05, 0.1) is 14.2 Å². The molecule has 0 aliphatic rings. The van der Waals surface area contributed by atoms with E-state index in [1.54, 1.807) is 14.2 Å². The Bertz CT molecular complexity index is 599. The number of methoxy groups -OCH3 is 2. The van der Waals surface area contributed by atoms with Crippen LogP contribution in [0.1, 0.15) is 5.56 Å². The minimum Gasteiger partial charge on any atom is -0.497 e. The fourth-order valence-electron chi connectivity index (χ4n) is 2.19. The fraction of sp³-hybridized carbons (Fsp3) is 0.250. The Morgan fingerprint density at radius 1 is 1.00 bits per heavy atom. The average Bonchev–Trinajstić information content (AvgIpc) is 2.47. The summed E-state index contributed by atoms with van der Waals surface area (Å²) in [4.78, 5) is 0. The summed E-state index contributed by atoms with van der Waals surface area (Å²) in [5.74, 6) is 1.64. The third-order valence-corrected chi connectivity index (χ3v) is 3.37. The second-order valence-corrected chi connectivity index (χ2v) is 4.83. The zero-order valence-electron chi connectivity index (χ0n) is 11.9. The van der Waals surface area contributed by atoms with Crippen LogP contribution >= 0.6 is 11.6 Å². The molecule has 0 saturated carbocycles. The normalized spacial score (nSPS) is 10.4. The van der Waals surface area contributed by atoms with Gasteiger partial charge in [-0.15, -0.1) is 0 Å². The van der Waals surface area contributed by atoms with Crippen molar-refractivity contribution >= 4 is 11.6 Å². The number of halogens is 1. The lowest BCUT2D eigenvalue weighted by Crippen LogP contribution is -2.07. The van der Waals surface area contributed by atoms with E-state index in [0.29, 0.717) is 5.02 Å². The van der Waals surface area contributed by atoms with Crippen molar-refractivity contribution in [2.45, 2.75) is 6.54 Å². The number of hydrogen-bond donors (Lipinski definition) is 1. The zero-order chi connectivity index (χ0) is 14.5. The number of rotatable bonds is 5. The van der Waals surface area contributed by atoms with Crippen molar-refractivity contribution in [3.63, 3.8) is 0 Å². The van der Waals surface area contributed by atoms with E-state index >= 15 is 0 Å². The van der Waals surface area contributed by atoms with Crippen molar-refractivity contribution in [1.29, 1.82) is 0 Å². The summed E-state index contributed by atoms with van der Waals surface area (Å²) < 4.78 is 10.7. The van der Waals surface area contributed by atoms with Crippen molar-refractivity contribution in [3.8, 4) is 22.6 Å². The van der Waals surface area contributed by atoms with Gasteiger partial charge in [0.2, 0.25) is 0 Å². The molecule has 4 heteroatoms. The van der Waals surface area contributed by atoms with Gasteiger partial charge >= 0.3 is 0 Å². The molecule has 0 heterocycles. The highest BCUT2D eigenvalue weighted by Gasteiger charge is 2.12. The maximum atomic E-state index is 6.12. The van der Waals surface area contributed by atoms with Gasteiger partial charge in [0, 0.05) is 17.1 Å². The van der Waals surface area contributed by atoms with Gasteiger partial charge in [-0.2, -0.15) is 0 Å². The summed E-state index contributed by atoms with van der Waals surface area (Å²) in [5.41, 5.74) is 3.19. The first kappa shape index (κ1) is 14.7. The Hall–Kier alpha value is -1.71. The Labute approximate surface area is 124 Å². The molecule has 0 fully saturated rings. The Kier molecular flexibility index (Phi) is 4.88. The van der Waals surface area contributed by atoms with Crippen molar-refractivity contribution < 1.29 is 9.47 Å². The maximum absolute atomic E-state index is 6.12. The largest absolute Gasteiger partial charge is 0.497 e. The van der Waals surface area contributed by atoms with Gasteiger partial charge in [0.25, 0.3) is 0 Å². The topological polar surface area (TPSA) is 30.5 Å². The SMILES string of the molecule is CNCc1cc(OC)ccc1-c1cc(Cl)ccc1OC. The molecule has 0 saturated heterocycles. The molecule has 0 bridgehead atoms. The zero-order valence-corrected chi connectivity index (χ0v) is 12.6. The van der Waals surface area contributed by atoms with E-state index in [1.807, 2.05) is 43.4 Å². The summed E-state index contributed by atoms with van der Waals surface area (Å²) in [7, 11) is 5.24. The van der Waals surface area contributed by atoms with Gasteiger partial charge < -0.3 is 14.8 Å². The molecule has 2 aromatic rings. The van der Waals surface area contributed by atoms with E-state index in [1.165, 1.54) is 0 Å². The van der Waals surface area contributed by atoms with Crippen LogP contribution in [-0.4, -0.2) is 21.3 Å². The molecule has 3 nitrogen and oxygen atoms in total. The highest BCUT2D eigenvalue weighted by atomic mass is 35.5. The molecule has 0 aliphatic heterocycles. The van der Waals surface area contributed by atoms with Crippen LogP contribution in [0.25, 0.3) is 11.1 Å². The van der Waals surface area contributed by atoms with E-state index in [9.17, 15) is 0 Å². The van der Waals surface area contributed by atoms with Gasteiger partial charge in [-0.25, -0.2) is 0 Å². The van der Waals surface area contributed by atoms with Gasteiger partial charge in [-0.1, -0.05) is 17.7 Å². The first-order valence-electron chi connectivity index (χ1n) is 6.35. The van der Waals surface area contributed by atoms with E-state index in [2.05, 4.69) is 5.32 Å². The summed E-state index contributed by atoms with van der Waals surface area (Å²) in [6.07, 6.45) is 0. The Balaban J connectivity index is 2.59. The smallest absolute Gasteiger partial charge is 0.126 e. The molecule has 0 aromatic heterocycles. The summed E-state index contributed by atoms with van der Waals surface area (Å²) in [5, 5.41) is 3.86. The van der Waals surface area contributed by atoms with Crippen LogP contribution in [0.4, 0.5) is 0 Å². The van der Waals surface area contributed by atoms with Crippen LogP contribution < -0.4 is 14.8 Å². The highest BCUT2D eigenvalue weighted by Crippen LogP contribution is 2.36. The first-order chi connectivity index (χ1) is 9.69. The lowest BCUT2D eigenvalue weighted by molar-refractivity contribution is 0.413. The maximum Gasteiger partial charge on any atom is 0.126 e. The van der Waals surface area contributed by atoms with Crippen molar-refractivity contribution in [2.75, 3.05) is 21.3 Å². The molecule has 0 amide bonds. The Morgan fingerprint density at radius 2 is 1.80 bits per heavy atom. The van der Waals surface area contributed by atoms with Gasteiger partial charge in [0.1, 0.15) is 11.5 Å². The number of benzene rings is 2. The number of ether oxygens (including phenoxy) is 2. The van der Waals surface area contributed by atoms with E-state index in [0.717, 1.165) is 34.7 Å². The molecule has 0 radical (unpaired) electrons. The van der Waals surface area contributed by atoms with Crippen LogP contribution in [-0.2, 0) is 6.54 Å².